The molecule has 1 heterocycles. The van der Waals surface area contributed by atoms with Crippen molar-refractivity contribution in [2.75, 3.05) is 11.5 Å². The van der Waals surface area contributed by atoms with Gasteiger partial charge in [0.15, 0.2) is 5.16 Å². The van der Waals surface area contributed by atoms with Crippen LogP contribution in [0, 0.1) is 0 Å². The zero-order chi connectivity index (χ0) is 13.9. The molecule has 1 aliphatic rings. The third kappa shape index (κ3) is 3.07. The molecule has 1 aromatic carbocycles. The zero-order valence-electron chi connectivity index (χ0n) is 11.2. The van der Waals surface area contributed by atoms with Crippen molar-refractivity contribution in [3.8, 4) is 0 Å². The summed E-state index contributed by atoms with van der Waals surface area (Å²) in [7, 11) is 0. The Bertz CT molecular complexity index is 645. The minimum absolute atomic E-state index is 0.0779. The van der Waals surface area contributed by atoms with Crippen LogP contribution in [0.4, 0.5) is 5.69 Å². The van der Waals surface area contributed by atoms with Crippen LogP contribution in [0.15, 0.2) is 34.2 Å². The van der Waals surface area contributed by atoms with Crippen molar-refractivity contribution in [3.05, 3.63) is 40.3 Å². The van der Waals surface area contributed by atoms with Crippen molar-refractivity contribution in [2.24, 2.45) is 0 Å². The van der Waals surface area contributed by atoms with Gasteiger partial charge < -0.3 is 5.73 Å². The second-order valence-electron chi connectivity index (χ2n) is 5.11. The molecule has 6 heteroatoms. The predicted molar refractivity (Wildman–Crippen MR) is 81.0 cm³/mol. The minimum Gasteiger partial charge on any atom is -0.399 e. The number of aryl methyl sites for hydroxylation is 1. The number of aromatic nitrogens is 3. The zero-order valence-corrected chi connectivity index (χ0v) is 12.0. The van der Waals surface area contributed by atoms with Crippen LogP contribution >= 0.6 is 11.8 Å². The van der Waals surface area contributed by atoms with Gasteiger partial charge in [0.1, 0.15) is 0 Å². The molecule has 2 aromatic rings. The Kier molecular flexibility index (Phi) is 3.82. The van der Waals surface area contributed by atoms with Crippen LogP contribution in [0.25, 0.3) is 0 Å². The van der Waals surface area contributed by atoms with Crippen molar-refractivity contribution in [1.29, 1.82) is 0 Å². The molecule has 0 amide bonds. The normalized spacial score (nSPS) is 14.6. The van der Waals surface area contributed by atoms with E-state index >= 15 is 0 Å². The Balaban J connectivity index is 1.52. The van der Waals surface area contributed by atoms with Gasteiger partial charge in [-0.15, -0.1) is 5.10 Å². The van der Waals surface area contributed by atoms with Gasteiger partial charge in [-0.3, -0.25) is 4.57 Å². The second-order valence-corrected chi connectivity index (χ2v) is 6.17. The first-order valence-electron chi connectivity index (χ1n) is 6.88. The highest BCUT2D eigenvalue weighted by atomic mass is 32.2. The van der Waals surface area contributed by atoms with E-state index in [1.54, 1.807) is 16.3 Å². The molecule has 3 rings (SSSR count). The third-order valence-corrected chi connectivity index (χ3v) is 4.42. The van der Waals surface area contributed by atoms with Crippen LogP contribution in [0.5, 0.6) is 0 Å². The first kappa shape index (κ1) is 13.3. The van der Waals surface area contributed by atoms with Gasteiger partial charge in [0.25, 0.3) is 0 Å². The molecule has 1 saturated carbocycles. The molecule has 0 bridgehead atoms. The van der Waals surface area contributed by atoms with Gasteiger partial charge >= 0.3 is 5.69 Å². The van der Waals surface area contributed by atoms with Gasteiger partial charge in [0, 0.05) is 17.5 Å². The lowest BCUT2D eigenvalue weighted by Gasteiger charge is -2.04. The Morgan fingerprint density at radius 1 is 1.45 bits per heavy atom. The molecule has 20 heavy (non-hydrogen) atoms. The standard InChI is InChI=1S/C14H18N4OS/c15-11-5-1-3-10(9-11)4-2-8-20-14-17-16-13(19)18(14)12-6-7-12/h1,3,5,9,12H,2,4,6-8,15H2,(H,16,19). The quantitative estimate of drug-likeness (QED) is 0.486. The number of nitrogen functional groups attached to an aromatic ring is 1. The molecule has 1 fully saturated rings. The Labute approximate surface area is 121 Å². The van der Waals surface area contributed by atoms with Crippen LogP contribution in [-0.4, -0.2) is 20.5 Å². The van der Waals surface area contributed by atoms with Crippen LogP contribution < -0.4 is 11.4 Å². The lowest BCUT2D eigenvalue weighted by Crippen LogP contribution is -2.16. The number of aromatic amines is 1. The predicted octanol–water partition coefficient (Wildman–Crippen LogP) is 2.21. The maximum atomic E-state index is 11.6. The van der Waals surface area contributed by atoms with Gasteiger partial charge in [-0.1, -0.05) is 23.9 Å². The summed E-state index contributed by atoms with van der Waals surface area (Å²) in [6.45, 7) is 0. The number of nitrogens with zero attached hydrogens (tertiary/aromatic N) is 2. The van der Waals surface area contributed by atoms with Gasteiger partial charge in [0.2, 0.25) is 0 Å². The molecule has 0 radical (unpaired) electrons. The van der Waals surface area contributed by atoms with Crippen molar-refractivity contribution in [3.63, 3.8) is 0 Å². The molecule has 0 aliphatic heterocycles. The Morgan fingerprint density at radius 3 is 3.05 bits per heavy atom. The monoisotopic (exact) mass is 290 g/mol. The number of anilines is 1. The topological polar surface area (TPSA) is 76.7 Å². The third-order valence-electron chi connectivity index (χ3n) is 3.38. The fraction of sp³-hybridized carbons (Fsp3) is 0.429. The van der Waals surface area contributed by atoms with Crippen LogP contribution in [0.2, 0.25) is 0 Å². The summed E-state index contributed by atoms with van der Waals surface area (Å²) in [5, 5.41) is 7.47. The van der Waals surface area contributed by atoms with Gasteiger partial charge in [-0.25, -0.2) is 9.89 Å². The lowest BCUT2D eigenvalue weighted by molar-refractivity contribution is 0.642. The molecule has 1 aromatic heterocycles. The average molecular weight is 290 g/mol. The minimum atomic E-state index is -0.0779. The van der Waals surface area contributed by atoms with Gasteiger partial charge in [-0.2, -0.15) is 0 Å². The fourth-order valence-electron chi connectivity index (χ4n) is 2.24. The molecule has 0 spiro atoms. The molecule has 0 unspecified atom stereocenters. The van der Waals surface area contributed by atoms with Crippen molar-refractivity contribution in [2.45, 2.75) is 36.9 Å². The van der Waals surface area contributed by atoms with Gasteiger partial charge in [-0.05, 0) is 43.4 Å². The SMILES string of the molecule is Nc1cccc(CCCSc2n[nH]c(=O)n2C2CC2)c1. The van der Waals surface area contributed by atoms with E-state index in [0.717, 1.165) is 42.3 Å². The summed E-state index contributed by atoms with van der Waals surface area (Å²) in [6.07, 6.45) is 4.22. The van der Waals surface area contributed by atoms with Gasteiger partial charge in [0.05, 0.1) is 0 Å². The number of benzene rings is 1. The molecule has 3 N–H and O–H groups in total. The van der Waals surface area contributed by atoms with Crippen LogP contribution in [0.3, 0.4) is 0 Å². The lowest BCUT2D eigenvalue weighted by atomic mass is 10.1. The summed E-state index contributed by atoms with van der Waals surface area (Å²) in [5.41, 5.74) is 7.75. The van der Waals surface area contributed by atoms with E-state index in [1.165, 1.54) is 5.56 Å². The maximum Gasteiger partial charge on any atom is 0.344 e. The fourth-order valence-corrected chi connectivity index (χ4v) is 3.19. The highest BCUT2D eigenvalue weighted by molar-refractivity contribution is 7.99. The largest absolute Gasteiger partial charge is 0.399 e. The second kappa shape index (κ2) is 5.75. The number of hydrogen-bond donors (Lipinski definition) is 2. The van der Waals surface area contributed by atoms with E-state index in [-0.39, 0.29) is 5.69 Å². The smallest absolute Gasteiger partial charge is 0.344 e. The van der Waals surface area contributed by atoms with E-state index in [2.05, 4.69) is 16.3 Å². The molecular formula is C14H18N4OS. The van der Waals surface area contributed by atoms with Crippen molar-refractivity contribution >= 4 is 17.4 Å². The molecule has 0 atom stereocenters. The van der Waals surface area contributed by atoms with Crippen LogP contribution in [0.1, 0.15) is 30.9 Å². The van der Waals surface area contributed by atoms with Crippen molar-refractivity contribution in [1.82, 2.24) is 14.8 Å². The number of nitrogens with one attached hydrogen (secondary N) is 1. The maximum absolute atomic E-state index is 11.6. The average Bonchev–Trinajstić information content (AvgIpc) is 3.19. The highest BCUT2D eigenvalue weighted by Crippen LogP contribution is 2.36. The van der Waals surface area contributed by atoms with E-state index in [0.29, 0.717) is 6.04 Å². The Hall–Kier alpha value is -1.69. The molecular weight excluding hydrogens is 272 g/mol. The first-order valence-corrected chi connectivity index (χ1v) is 7.87. The van der Waals surface area contributed by atoms with E-state index in [9.17, 15) is 4.79 Å². The van der Waals surface area contributed by atoms with Crippen molar-refractivity contribution < 1.29 is 0 Å². The molecule has 1 aliphatic carbocycles. The Morgan fingerprint density at radius 2 is 2.30 bits per heavy atom. The number of thioether (sulfide) groups is 1. The summed E-state index contributed by atoms with van der Waals surface area (Å²) < 4.78 is 1.80. The highest BCUT2D eigenvalue weighted by Gasteiger charge is 2.28. The number of rotatable bonds is 6. The van der Waals surface area contributed by atoms with Crippen LogP contribution in [-0.2, 0) is 6.42 Å². The van der Waals surface area contributed by atoms with E-state index < -0.39 is 0 Å². The number of H-pyrrole nitrogens is 1. The van der Waals surface area contributed by atoms with E-state index in [4.69, 9.17) is 5.73 Å². The summed E-state index contributed by atoms with van der Waals surface area (Å²) in [6, 6.07) is 8.36. The summed E-state index contributed by atoms with van der Waals surface area (Å²) in [5.74, 6) is 0.950. The number of nitrogens with two attached hydrogens (primary N) is 1. The molecule has 106 valence electrons. The first-order chi connectivity index (χ1) is 9.74. The molecule has 0 saturated heterocycles. The van der Waals surface area contributed by atoms with E-state index in [1.807, 2.05) is 18.2 Å². The summed E-state index contributed by atoms with van der Waals surface area (Å²) in [4.78, 5) is 11.6. The summed E-state index contributed by atoms with van der Waals surface area (Å²) >= 11 is 1.65. The molecule has 5 nitrogen and oxygen atoms in total. The number of hydrogen-bond acceptors (Lipinski definition) is 4.